The van der Waals surface area contributed by atoms with Crippen molar-refractivity contribution >= 4 is 21.5 Å². The zero-order valence-corrected chi connectivity index (χ0v) is 14.9. The molecule has 1 aliphatic rings. The van der Waals surface area contributed by atoms with Crippen molar-refractivity contribution in [3.05, 3.63) is 120 Å². The first-order valence-corrected chi connectivity index (χ1v) is 9.49. The van der Waals surface area contributed by atoms with Gasteiger partial charge < -0.3 is 0 Å². The molecule has 0 fully saturated rings. The molecule has 0 amide bonds. The molecular formula is C27H18. The van der Waals surface area contributed by atoms with Crippen molar-refractivity contribution in [3.8, 4) is 11.1 Å². The number of rotatable bonds is 1. The molecule has 1 aliphatic carbocycles. The molecule has 0 saturated carbocycles. The second kappa shape index (κ2) is 5.56. The highest BCUT2D eigenvalue weighted by molar-refractivity contribution is 5.98. The maximum Gasteiger partial charge on any atom is 0.0352 e. The lowest BCUT2D eigenvalue weighted by Crippen LogP contribution is -1.99. The van der Waals surface area contributed by atoms with E-state index >= 15 is 0 Å². The van der Waals surface area contributed by atoms with Crippen molar-refractivity contribution in [1.82, 2.24) is 0 Å². The van der Waals surface area contributed by atoms with Crippen LogP contribution in [0.15, 0.2) is 103 Å². The molecule has 0 saturated heterocycles. The van der Waals surface area contributed by atoms with E-state index in [1.807, 2.05) is 0 Å². The molecule has 5 aromatic rings. The first-order valence-electron chi connectivity index (χ1n) is 9.49. The van der Waals surface area contributed by atoms with Crippen LogP contribution in [0.4, 0.5) is 0 Å². The molecule has 0 heteroatoms. The van der Waals surface area contributed by atoms with E-state index in [-0.39, 0.29) is 0 Å². The Labute approximate surface area is 158 Å². The van der Waals surface area contributed by atoms with Gasteiger partial charge in [0.2, 0.25) is 0 Å². The van der Waals surface area contributed by atoms with E-state index in [0.29, 0.717) is 5.92 Å². The Kier molecular flexibility index (Phi) is 3.04. The summed E-state index contributed by atoms with van der Waals surface area (Å²) >= 11 is 0. The minimum absolute atomic E-state index is 0.313. The number of fused-ring (bicyclic) bond motifs is 5. The molecular weight excluding hydrogens is 324 g/mol. The Morgan fingerprint density at radius 2 is 0.926 bits per heavy atom. The van der Waals surface area contributed by atoms with Crippen LogP contribution in [0.1, 0.15) is 22.6 Å². The molecule has 6 rings (SSSR count). The standard InChI is InChI=1S/C27H18/c1-2-8-19-16-22-17-21(14-13-20(22)15-18(19)7-1)27-25-11-5-3-9-23(25)24-10-4-6-12-26(24)27/h1-17,27H. The van der Waals surface area contributed by atoms with Crippen LogP contribution >= 0.6 is 0 Å². The third-order valence-electron chi connectivity index (χ3n) is 5.90. The monoisotopic (exact) mass is 342 g/mol. The van der Waals surface area contributed by atoms with E-state index < -0.39 is 0 Å². The van der Waals surface area contributed by atoms with Crippen LogP contribution in [0.5, 0.6) is 0 Å². The van der Waals surface area contributed by atoms with E-state index in [1.54, 1.807) is 0 Å². The van der Waals surface area contributed by atoms with Crippen molar-refractivity contribution < 1.29 is 0 Å². The Morgan fingerprint density at radius 3 is 1.59 bits per heavy atom. The Hall–Kier alpha value is -3.38. The molecule has 126 valence electrons. The molecule has 0 aliphatic heterocycles. The van der Waals surface area contributed by atoms with Crippen LogP contribution in [-0.2, 0) is 0 Å². The van der Waals surface area contributed by atoms with Crippen LogP contribution in [0.2, 0.25) is 0 Å². The lowest BCUT2D eigenvalue weighted by atomic mass is 9.88. The lowest BCUT2D eigenvalue weighted by molar-refractivity contribution is 1.02. The van der Waals surface area contributed by atoms with E-state index in [4.69, 9.17) is 0 Å². The molecule has 0 aromatic heterocycles. The third-order valence-corrected chi connectivity index (χ3v) is 5.90. The molecule has 0 atom stereocenters. The molecule has 0 unspecified atom stereocenters. The molecule has 0 bridgehead atoms. The fraction of sp³-hybridized carbons (Fsp3) is 0.0370. The van der Waals surface area contributed by atoms with Crippen molar-refractivity contribution in [2.24, 2.45) is 0 Å². The predicted octanol–water partition coefficient (Wildman–Crippen LogP) is 7.15. The minimum atomic E-state index is 0.313. The summed E-state index contributed by atoms with van der Waals surface area (Å²) in [6.07, 6.45) is 0. The topological polar surface area (TPSA) is 0 Å². The zero-order valence-electron chi connectivity index (χ0n) is 14.9. The second-order valence-electron chi connectivity index (χ2n) is 7.41. The summed E-state index contributed by atoms with van der Waals surface area (Å²) in [6, 6.07) is 37.9. The van der Waals surface area contributed by atoms with Gasteiger partial charge in [0, 0.05) is 5.92 Å². The van der Waals surface area contributed by atoms with Crippen molar-refractivity contribution in [1.29, 1.82) is 0 Å². The van der Waals surface area contributed by atoms with Gasteiger partial charge in [0.05, 0.1) is 0 Å². The van der Waals surface area contributed by atoms with Crippen LogP contribution < -0.4 is 0 Å². The van der Waals surface area contributed by atoms with Gasteiger partial charge in [0.25, 0.3) is 0 Å². The van der Waals surface area contributed by atoms with Gasteiger partial charge in [-0.25, -0.2) is 0 Å². The molecule has 0 nitrogen and oxygen atoms in total. The van der Waals surface area contributed by atoms with Crippen LogP contribution in [-0.4, -0.2) is 0 Å². The van der Waals surface area contributed by atoms with Gasteiger partial charge in [-0.15, -0.1) is 0 Å². The van der Waals surface area contributed by atoms with Gasteiger partial charge in [-0.2, -0.15) is 0 Å². The highest BCUT2D eigenvalue weighted by Crippen LogP contribution is 2.48. The molecule has 0 N–H and O–H groups in total. The van der Waals surface area contributed by atoms with Gasteiger partial charge in [0.15, 0.2) is 0 Å². The molecule has 5 aromatic carbocycles. The van der Waals surface area contributed by atoms with Crippen molar-refractivity contribution in [2.75, 3.05) is 0 Å². The van der Waals surface area contributed by atoms with Gasteiger partial charge in [-0.1, -0.05) is 91.0 Å². The summed E-state index contributed by atoms with van der Waals surface area (Å²) in [7, 11) is 0. The first-order chi connectivity index (χ1) is 13.4. The van der Waals surface area contributed by atoms with Gasteiger partial charge >= 0.3 is 0 Å². The van der Waals surface area contributed by atoms with Crippen LogP contribution in [0.3, 0.4) is 0 Å². The first kappa shape index (κ1) is 14.8. The van der Waals surface area contributed by atoms with E-state index in [9.17, 15) is 0 Å². The van der Waals surface area contributed by atoms with Gasteiger partial charge in [-0.3, -0.25) is 0 Å². The number of hydrogen-bond acceptors (Lipinski definition) is 0. The summed E-state index contributed by atoms with van der Waals surface area (Å²) in [6.45, 7) is 0. The highest BCUT2D eigenvalue weighted by Gasteiger charge is 2.29. The normalized spacial score (nSPS) is 13.0. The largest absolute Gasteiger partial charge is 0.0619 e. The summed E-state index contributed by atoms with van der Waals surface area (Å²) in [4.78, 5) is 0. The lowest BCUT2D eigenvalue weighted by Gasteiger charge is -2.15. The summed E-state index contributed by atoms with van der Waals surface area (Å²) in [5.41, 5.74) is 6.95. The SMILES string of the molecule is c1ccc2c(c1)-c1ccccc1C2c1ccc2cc3ccccc3cc2c1. The minimum Gasteiger partial charge on any atom is -0.0619 e. The van der Waals surface area contributed by atoms with E-state index in [2.05, 4.69) is 103 Å². The van der Waals surface area contributed by atoms with Crippen LogP contribution in [0, 0.1) is 0 Å². The molecule has 27 heavy (non-hydrogen) atoms. The van der Waals surface area contributed by atoms with E-state index in [0.717, 1.165) is 0 Å². The van der Waals surface area contributed by atoms with E-state index in [1.165, 1.54) is 49.4 Å². The average Bonchev–Trinajstić information content (AvgIpc) is 3.06. The summed E-state index contributed by atoms with van der Waals surface area (Å²) in [5, 5.41) is 5.22. The Morgan fingerprint density at radius 1 is 0.407 bits per heavy atom. The maximum absolute atomic E-state index is 2.38. The number of benzene rings is 5. The quantitative estimate of drug-likeness (QED) is 0.278. The second-order valence-corrected chi connectivity index (χ2v) is 7.41. The fourth-order valence-corrected chi connectivity index (χ4v) is 4.65. The Bertz CT molecular complexity index is 1280. The zero-order chi connectivity index (χ0) is 17.8. The Balaban J connectivity index is 1.60. The van der Waals surface area contributed by atoms with Gasteiger partial charge in [0.1, 0.15) is 0 Å². The average molecular weight is 342 g/mol. The smallest absolute Gasteiger partial charge is 0.0352 e. The predicted molar refractivity (Wildman–Crippen MR) is 114 cm³/mol. The summed E-state index contributed by atoms with van der Waals surface area (Å²) in [5.74, 6) is 0.313. The molecule has 0 radical (unpaired) electrons. The molecule has 0 heterocycles. The van der Waals surface area contributed by atoms with Crippen molar-refractivity contribution in [2.45, 2.75) is 5.92 Å². The highest BCUT2D eigenvalue weighted by atomic mass is 14.3. The van der Waals surface area contributed by atoms with Gasteiger partial charge in [-0.05, 0) is 61.5 Å². The molecule has 0 spiro atoms. The third kappa shape index (κ3) is 2.17. The van der Waals surface area contributed by atoms with Crippen LogP contribution in [0.25, 0.3) is 32.7 Å². The number of hydrogen-bond donors (Lipinski definition) is 0. The van der Waals surface area contributed by atoms with Crippen molar-refractivity contribution in [3.63, 3.8) is 0 Å². The fourth-order valence-electron chi connectivity index (χ4n) is 4.65. The maximum atomic E-state index is 2.38. The summed E-state index contributed by atoms with van der Waals surface area (Å²) < 4.78 is 0.